The van der Waals surface area contributed by atoms with E-state index in [2.05, 4.69) is 31.4 Å². The maximum atomic E-state index is 13.1. The number of nitrogens with zero attached hydrogens (tertiary/aromatic N) is 2. The number of likely N-dealkylation sites (tertiary alicyclic amines) is 1. The molecule has 2 heterocycles. The number of piperidine rings is 1. The van der Waals surface area contributed by atoms with Crippen LogP contribution < -0.4 is 0 Å². The molecule has 1 aromatic rings. The fourth-order valence-corrected chi connectivity index (χ4v) is 4.71. The Balaban J connectivity index is 1.81. The molecule has 4 heteroatoms. The largest absolute Gasteiger partial charge is 0.342 e. The summed E-state index contributed by atoms with van der Waals surface area (Å²) in [5.41, 5.74) is -0.529. The molecule has 2 aliphatic rings. The fourth-order valence-electron chi connectivity index (χ4n) is 3.62. The van der Waals surface area contributed by atoms with Gasteiger partial charge in [-0.3, -0.25) is 4.79 Å². The van der Waals surface area contributed by atoms with E-state index in [0.29, 0.717) is 13.1 Å². The van der Waals surface area contributed by atoms with Crippen molar-refractivity contribution < 1.29 is 4.79 Å². The highest BCUT2D eigenvalue weighted by Gasteiger charge is 2.68. The summed E-state index contributed by atoms with van der Waals surface area (Å²) in [5.74, 6) is 0.273. The Hall–Kier alpha value is -1.34. The van der Waals surface area contributed by atoms with E-state index in [9.17, 15) is 10.1 Å². The lowest BCUT2D eigenvalue weighted by Crippen LogP contribution is -2.47. The van der Waals surface area contributed by atoms with Gasteiger partial charge in [-0.2, -0.15) is 5.26 Å². The van der Waals surface area contributed by atoms with Gasteiger partial charge in [-0.15, -0.1) is 11.3 Å². The minimum atomic E-state index is -0.318. The van der Waals surface area contributed by atoms with Crippen molar-refractivity contribution in [2.24, 2.45) is 10.8 Å². The Kier molecular flexibility index (Phi) is 3.18. The second kappa shape index (κ2) is 4.58. The number of nitriles is 1. The van der Waals surface area contributed by atoms with Crippen LogP contribution in [0.1, 0.15) is 44.9 Å². The van der Waals surface area contributed by atoms with E-state index in [-0.39, 0.29) is 22.2 Å². The first-order valence-electron chi connectivity index (χ1n) is 7.59. The number of thiophene rings is 1. The molecular formula is C17H22N2OS. The quantitative estimate of drug-likeness (QED) is 0.838. The van der Waals surface area contributed by atoms with Crippen molar-refractivity contribution in [3.8, 4) is 6.07 Å². The zero-order valence-electron chi connectivity index (χ0n) is 13.0. The monoisotopic (exact) mass is 302 g/mol. The van der Waals surface area contributed by atoms with E-state index >= 15 is 0 Å². The van der Waals surface area contributed by atoms with Gasteiger partial charge in [0.2, 0.25) is 5.91 Å². The highest BCUT2D eigenvalue weighted by atomic mass is 32.1. The van der Waals surface area contributed by atoms with Crippen LogP contribution in [-0.4, -0.2) is 23.9 Å². The minimum Gasteiger partial charge on any atom is -0.342 e. The average Bonchev–Trinajstić information content (AvgIpc) is 2.84. The van der Waals surface area contributed by atoms with E-state index in [0.717, 1.165) is 19.3 Å². The molecular weight excluding hydrogens is 280 g/mol. The first-order valence-corrected chi connectivity index (χ1v) is 8.47. The van der Waals surface area contributed by atoms with Gasteiger partial charge in [0, 0.05) is 18.0 Å². The molecule has 0 bridgehead atoms. The lowest BCUT2D eigenvalue weighted by atomic mass is 9.81. The predicted octanol–water partition coefficient (Wildman–Crippen LogP) is 3.57. The number of carbonyl (C=O) groups is 1. The van der Waals surface area contributed by atoms with Gasteiger partial charge >= 0.3 is 0 Å². The number of carbonyl (C=O) groups excluding carboxylic acids is 1. The van der Waals surface area contributed by atoms with Crippen molar-refractivity contribution >= 4 is 17.2 Å². The van der Waals surface area contributed by atoms with E-state index in [1.807, 2.05) is 17.9 Å². The standard InChI is InChI=1S/C17H22N2OS/c1-15(2)11-17(15,13-5-4-10-21-13)14(20)19-8-6-16(3,12-18)7-9-19/h4-5,10H,6-9,11H2,1-3H3/t17-/m0/s1. The van der Waals surface area contributed by atoms with E-state index in [1.54, 1.807) is 11.3 Å². The topological polar surface area (TPSA) is 44.1 Å². The minimum absolute atomic E-state index is 0.0465. The van der Waals surface area contributed by atoms with Crippen LogP contribution in [-0.2, 0) is 10.2 Å². The lowest BCUT2D eigenvalue weighted by Gasteiger charge is -2.37. The molecule has 1 saturated carbocycles. The molecule has 1 amide bonds. The second-order valence-corrected chi connectivity index (χ2v) is 8.36. The van der Waals surface area contributed by atoms with Crippen molar-refractivity contribution in [3.63, 3.8) is 0 Å². The molecule has 0 N–H and O–H groups in total. The summed E-state index contributed by atoms with van der Waals surface area (Å²) < 4.78 is 0. The third kappa shape index (κ3) is 2.10. The van der Waals surface area contributed by atoms with Gasteiger partial charge in [-0.05, 0) is 43.0 Å². The van der Waals surface area contributed by atoms with Crippen LogP contribution >= 0.6 is 11.3 Å². The molecule has 3 nitrogen and oxygen atoms in total. The molecule has 1 aliphatic heterocycles. The van der Waals surface area contributed by atoms with E-state index in [4.69, 9.17) is 0 Å². The van der Waals surface area contributed by atoms with Crippen molar-refractivity contribution in [3.05, 3.63) is 22.4 Å². The molecule has 3 rings (SSSR count). The fraction of sp³-hybridized carbons (Fsp3) is 0.647. The zero-order chi connectivity index (χ0) is 15.3. The summed E-state index contributed by atoms with van der Waals surface area (Å²) in [6.07, 6.45) is 2.51. The van der Waals surface area contributed by atoms with Crippen molar-refractivity contribution in [2.75, 3.05) is 13.1 Å². The Morgan fingerprint density at radius 2 is 1.95 bits per heavy atom. The molecule has 1 saturated heterocycles. The van der Waals surface area contributed by atoms with Crippen LogP contribution in [0.25, 0.3) is 0 Å². The summed E-state index contributed by atoms with van der Waals surface area (Å²) in [4.78, 5) is 16.3. The number of rotatable bonds is 2. The van der Waals surface area contributed by atoms with Gasteiger partial charge in [0.1, 0.15) is 0 Å². The molecule has 0 radical (unpaired) electrons. The van der Waals surface area contributed by atoms with Crippen LogP contribution in [0.15, 0.2) is 17.5 Å². The Morgan fingerprint density at radius 3 is 2.38 bits per heavy atom. The van der Waals surface area contributed by atoms with Crippen molar-refractivity contribution in [1.82, 2.24) is 4.90 Å². The molecule has 21 heavy (non-hydrogen) atoms. The van der Waals surface area contributed by atoms with Gasteiger partial charge in [0.05, 0.1) is 16.9 Å². The third-order valence-corrected chi connectivity index (χ3v) is 6.50. The molecule has 0 spiro atoms. The summed E-state index contributed by atoms with van der Waals surface area (Å²) in [6, 6.07) is 6.53. The summed E-state index contributed by atoms with van der Waals surface area (Å²) in [6.45, 7) is 7.81. The molecule has 1 aliphatic carbocycles. The van der Waals surface area contributed by atoms with Gasteiger partial charge < -0.3 is 4.90 Å². The lowest BCUT2D eigenvalue weighted by molar-refractivity contribution is -0.136. The molecule has 112 valence electrons. The zero-order valence-corrected chi connectivity index (χ0v) is 13.8. The van der Waals surface area contributed by atoms with Gasteiger partial charge in [-0.1, -0.05) is 19.9 Å². The van der Waals surface area contributed by atoms with Crippen molar-refractivity contribution in [1.29, 1.82) is 5.26 Å². The Morgan fingerprint density at radius 1 is 1.33 bits per heavy atom. The predicted molar refractivity (Wildman–Crippen MR) is 83.9 cm³/mol. The first-order chi connectivity index (χ1) is 9.85. The van der Waals surface area contributed by atoms with Crippen LogP contribution in [0.4, 0.5) is 0 Å². The molecule has 0 aromatic carbocycles. The highest BCUT2D eigenvalue weighted by Crippen LogP contribution is 2.66. The van der Waals surface area contributed by atoms with E-state index in [1.165, 1.54) is 4.88 Å². The van der Waals surface area contributed by atoms with Crippen LogP contribution in [0, 0.1) is 22.2 Å². The van der Waals surface area contributed by atoms with Crippen LogP contribution in [0.5, 0.6) is 0 Å². The highest BCUT2D eigenvalue weighted by molar-refractivity contribution is 7.10. The van der Waals surface area contributed by atoms with Crippen molar-refractivity contribution in [2.45, 2.75) is 45.4 Å². The maximum Gasteiger partial charge on any atom is 0.234 e. The first kappa shape index (κ1) is 14.6. The van der Waals surface area contributed by atoms with Crippen LogP contribution in [0.2, 0.25) is 0 Å². The number of hydrogen-bond donors (Lipinski definition) is 0. The smallest absolute Gasteiger partial charge is 0.234 e. The molecule has 1 aromatic heterocycles. The Labute approximate surface area is 130 Å². The van der Waals surface area contributed by atoms with Gasteiger partial charge in [-0.25, -0.2) is 0 Å². The third-order valence-electron chi connectivity index (χ3n) is 5.47. The normalized spacial score (nSPS) is 29.7. The second-order valence-electron chi connectivity index (χ2n) is 7.41. The summed E-state index contributed by atoms with van der Waals surface area (Å²) in [5, 5.41) is 11.3. The maximum absolute atomic E-state index is 13.1. The molecule has 1 atom stereocenters. The summed E-state index contributed by atoms with van der Waals surface area (Å²) >= 11 is 1.69. The number of amides is 1. The average molecular weight is 302 g/mol. The van der Waals surface area contributed by atoms with Crippen LogP contribution in [0.3, 0.4) is 0 Å². The summed E-state index contributed by atoms with van der Waals surface area (Å²) in [7, 11) is 0. The molecule has 0 unspecified atom stereocenters. The van der Waals surface area contributed by atoms with E-state index < -0.39 is 0 Å². The van der Waals surface area contributed by atoms with Gasteiger partial charge in [0.15, 0.2) is 0 Å². The Bertz CT molecular complexity index is 591. The number of hydrogen-bond acceptors (Lipinski definition) is 3. The molecule has 2 fully saturated rings. The SMILES string of the molecule is CC1(C#N)CCN(C(=O)[C@@]2(c3cccs3)CC2(C)C)CC1. The van der Waals surface area contributed by atoms with Gasteiger partial charge in [0.25, 0.3) is 0 Å².